The highest BCUT2D eigenvalue weighted by Gasteiger charge is 2.36. The van der Waals surface area contributed by atoms with Crippen molar-refractivity contribution in [3.63, 3.8) is 0 Å². The second-order valence-corrected chi connectivity index (χ2v) is 3.15. The Kier molecular flexibility index (Phi) is 2.20. The van der Waals surface area contributed by atoms with Gasteiger partial charge in [-0.05, 0) is 6.42 Å². The summed E-state index contributed by atoms with van der Waals surface area (Å²) in [6, 6.07) is 1.97. The van der Waals surface area contributed by atoms with Crippen LogP contribution < -0.4 is 5.73 Å². The van der Waals surface area contributed by atoms with Crippen LogP contribution in [0.1, 0.15) is 12.8 Å². The number of nitrogens with two attached hydrogens (primary N) is 1. The first kappa shape index (κ1) is 8.81. The third kappa shape index (κ3) is 1.66. The Hall–Kier alpha value is -1.28. The Labute approximate surface area is 70.4 Å². The van der Waals surface area contributed by atoms with Crippen molar-refractivity contribution >= 4 is 6.09 Å². The zero-order valence-corrected chi connectivity index (χ0v) is 6.66. The van der Waals surface area contributed by atoms with E-state index >= 15 is 0 Å². The smallest absolute Gasteiger partial charge is 0.407 e. The summed E-state index contributed by atoms with van der Waals surface area (Å²) >= 11 is 0. The lowest BCUT2D eigenvalue weighted by atomic mass is 9.97. The minimum absolute atomic E-state index is 0.219. The fourth-order valence-electron chi connectivity index (χ4n) is 1.36. The highest BCUT2D eigenvalue weighted by atomic mass is 16.4. The lowest BCUT2D eigenvalue weighted by Crippen LogP contribution is -2.43. The molecule has 0 aromatic heterocycles. The van der Waals surface area contributed by atoms with Crippen LogP contribution in [0.2, 0.25) is 0 Å². The van der Waals surface area contributed by atoms with Gasteiger partial charge in [-0.25, -0.2) is 4.79 Å². The molecule has 66 valence electrons. The van der Waals surface area contributed by atoms with Crippen molar-refractivity contribution in [1.82, 2.24) is 4.90 Å². The van der Waals surface area contributed by atoms with Crippen LogP contribution in [0.15, 0.2) is 0 Å². The van der Waals surface area contributed by atoms with E-state index in [0.717, 1.165) is 0 Å². The highest BCUT2D eigenvalue weighted by molar-refractivity contribution is 5.65. The van der Waals surface area contributed by atoms with Crippen LogP contribution in [0.25, 0.3) is 0 Å². The Morgan fingerprint density at radius 3 is 2.92 bits per heavy atom. The first-order chi connectivity index (χ1) is 5.57. The molecule has 1 saturated heterocycles. The molecule has 1 fully saturated rings. The largest absolute Gasteiger partial charge is 0.465 e. The SMILES string of the molecule is N#CCC1(N)CCN(C(=O)O)C1. The van der Waals surface area contributed by atoms with Crippen molar-refractivity contribution < 1.29 is 9.90 Å². The van der Waals surface area contributed by atoms with E-state index in [-0.39, 0.29) is 13.0 Å². The average molecular weight is 169 g/mol. The molecule has 5 nitrogen and oxygen atoms in total. The van der Waals surface area contributed by atoms with E-state index in [9.17, 15) is 4.79 Å². The maximum absolute atomic E-state index is 10.5. The zero-order chi connectivity index (χ0) is 9.19. The van der Waals surface area contributed by atoms with Crippen LogP contribution in [-0.4, -0.2) is 34.7 Å². The predicted octanol–water partition coefficient (Wildman–Crippen LogP) is -0.0187. The van der Waals surface area contributed by atoms with Crippen molar-refractivity contribution in [2.24, 2.45) is 5.73 Å². The Morgan fingerprint density at radius 2 is 2.50 bits per heavy atom. The molecule has 1 rings (SSSR count). The Bertz CT molecular complexity index is 235. The van der Waals surface area contributed by atoms with Crippen molar-refractivity contribution in [3.05, 3.63) is 0 Å². The molecule has 1 aliphatic rings. The van der Waals surface area contributed by atoms with Crippen molar-refractivity contribution in [1.29, 1.82) is 5.26 Å². The summed E-state index contributed by atoms with van der Waals surface area (Å²) in [6.45, 7) is 0.712. The van der Waals surface area contributed by atoms with Gasteiger partial charge in [0.05, 0.1) is 12.5 Å². The normalized spacial score (nSPS) is 28.5. The van der Waals surface area contributed by atoms with E-state index in [4.69, 9.17) is 16.1 Å². The van der Waals surface area contributed by atoms with Gasteiger partial charge >= 0.3 is 6.09 Å². The van der Waals surface area contributed by atoms with Gasteiger partial charge in [0, 0.05) is 18.6 Å². The third-order valence-electron chi connectivity index (χ3n) is 2.09. The van der Waals surface area contributed by atoms with E-state index in [0.29, 0.717) is 13.0 Å². The lowest BCUT2D eigenvalue weighted by Gasteiger charge is -2.19. The molecule has 0 saturated carbocycles. The van der Waals surface area contributed by atoms with E-state index < -0.39 is 11.6 Å². The first-order valence-electron chi connectivity index (χ1n) is 3.71. The fraction of sp³-hybridized carbons (Fsp3) is 0.714. The highest BCUT2D eigenvalue weighted by Crippen LogP contribution is 2.21. The molecule has 0 aromatic carbocycles. The van der Waals surface area contributed by atoms with Crippen molar-refractivity contribution in [2.45, 2.75) is 18.4 Å². The summed E-state index contributed by atoms with van der Waals surface area (Å²) < 4.78 is 0. The van der Waals surface area contributed by atoms with Gasteiger partial charge < -0.3 is 15.7 Å². The molecular formula is C7H11N3O2. The minimum Gasteiger partial charge on any atom is -0.465 e. The summed E-state index contributed by atoms with van der Waals surface area (Å²) in [6.07, 6.45) is -0.163. The quantitative estimate of drug-likeness (QED) is 0.577. The van der Waals surface area contributed by atoms with Gasteiger partial charge in [0.15, 0.2) is 0 Å². The molecule has 1 aliphatic heterocycles. The van der Waals surface area contributed by atoms with Crippen LogP contribution in [0.5, 0.6) is 0 Å². The summed E-state index contributed by atoms with van der Waals surface area (Å²) in [4.78, 5) is 11.7. The minimum atomic E-state index is -0.958. The number of rotatable bonds is 1. The van der Waals surface area contributed by atoms with Crippen molar-refractivity contribution in [2.75, 3.05) is 13.1 Å². The number of carbonyl (C=O) groups is 1. The number of hydrogen-bond donors (Lipinski definition) is 2. The molecule has 5 heteroatoms. The average Bonchev–Trinajstić information content (AvgIpc) is 2.33. The number of hydrogen-bond acceptors (Lipinski definition) is 3. The van der Waals surface area contributed by atoms with Gasteiger partial charge in [-0.15, -0.1) is 0 Å². The van der Waals surface area contributed by atoms with Gasteiger partial charge in [-0.2, -0.15) is 5.26 Å². The molecule has 1 atom stereocenters. The predicted molar refractivity (Wildman–Crippen MR) is 41.4 cm³/mol. The van der Waals surface area contributed by atoms with Gasteiger partial charge in [0.25, 0.3) is 0 Å². The standard InChI is InChI=1S/C7H11N3O2/c8-3-1-7(9)2-4-10(5-7)6(11)12/h1-2,4-5,9H2,(H,11,12). The molecule has 12 heavy (non-hydrogen) atoms. The maximum Gasteiger partial charge on any atom is 0.407 e. The van der Waals surface area contributed by atoms with Crippen molar-refractivity contribution in [3.8, 4) is 6.07 Å². The van der Waals surface area contributed by atoms with Crippen LogP contribution >= 0.6 is 0 Å². The van der Waals surface area contributed by atoms with Gasteiger partial charge in [-0.3, -0.25) is 0 Å². The first-order valence-corrected chi connectivity index (χ1v) is 3.71. The Balaban J connectivity index is 2.55. The molecule has 0 aromatic rings. The van der Waals surface area contributed by atoms with Crippen LogP contribution in [0.3, 0.4) is 0 Å². The molecule has 3 N–H and O–H groups in total. The van der Waals surface area contributed by atoms with E-state index in [1.54, 1.807) is 0 Å². The summed E-state index contributed by atoms with van der Waals surface area (Å²) in [7, 11) is 0. The van der Waals surface area contributed by atoms with Crippen LogP contribution in [-0.2, 0) is 0 Å². The summed E-state index contributed by atoms with van der Waals surface area (Å²) in [5, 5.41) is 17.0. The fourth-order valence-corrected chi connectivity index (χ4v) is 1.36. The second kappa shape index (κ2) is 2.99. The number of likely N-dealkylation sites (tertiary alicyclic amines) is 1. The third-order valence-corrected chi connectivity index (χ3v) is 2.09. The number of nitrogens with zero attached hydrogens (tertiary/aromatic N) is 2. The number of nitriles is 1. The molecular weight excluding hydrogens is 158 g/mol. The molecule has 1 heterocycles. The summed E-state index contributed by atoms with van der Waals surface area (Å²) in [5.74, 6) is 0. The lowest BCUT2D eigenvalue weighted by molar-refractivity contribution is 0.153. The molecule has 1 unspecified atom stereocenters. The van der Waals surface area contributed by atoms with Gasteiger partial charge in [0.1, 0.15) is 0 Å². The number of amides is 1. The van der Waals surface area contributed by atoms with E-state index in [2.05, 4.69) is 0 Å². The maximum atomic E-state index is 10.5. The molecule has 0 bridgehead atoms. The topological polar surface area (TPSA) is 90.4 Å². The monoisotopic (exact) mass is 169 g/mol. The Morgan fingerprint density at radius 1 is 1.83 bits per heavy atom. The second-order valence-electron chi connectivity index (χ2n) is 3.15. The van der Waals surface area contributed by atoms with Crippen LogP contribution in [0.4, 0.5) is 4.79 Å². The molecule has 0 aliphatic carbocycles. The zero-order valence-electron chi connectivity index (χ0n) is 6.66. The molecule has 0 spiro atoms. The van der Waals surface area contributed by atoms with Gasteiger partial charge in [0.2, 0.25) is 0 Å². The van der Waals surface area contributed by atoms with E-state index in [1.165, 1.54) is 4.90 Å². The van der Waals surface area contributed by atoms with Gasteiger partial charge in [-0.1, -0.05) is 0 Å². The molecule has 1 amide bonds. The van der Waals surface area contributed by atoms with E-state index in [1.807, 2.05) is 6.07 Å². The summed E-state index contributed by atoms with van der Waals surface area (Å²) in [5.41, 5.74) is 5.15. The van der Waals surface area contributed by atoms with Crippen LogP contribution in [0, 0.1) is 11.3 Å². The number of carboxylic acid groups (broad SMARTS) is 1. The molecule has 0 radical (unpaired) electrons.